The Hall–Kier alpha value is -2.22. The molecule has 4 nitrogen and oxygen atoms in total. The summed E-state index contributed by atoms with van der Waals surface area (Å²) in [6.45, 7) is 2.81. The van der Waals surface area contributed by atoms with Gasteiger partial charge in [-0.15, -0.1) is 0 Å². The van der Waals surface area contributed by atoms with E-state index in [0.29, 0.717) is 0 Å². The van der Waals surface area contributed by atoms with Crippen LogP contribution in [0.4, 0.5) is 13.2 Å². The number of benzene rings is 2. The monoisotopic (exact) mass is 380 g/mol. The first-order valence-corrected chi connectivity index (χ1v) is 8.36. The lowest BCUT2D eigenvalue weighted by Gasteiger charge is -2.37. The zero-order chi connectivity index (χ0) is 19.9. The van der Waals surface area contributed by atoms with Gasteiger partial charge in [0, 0.05) is 5.56 Å². The summed E-state index contributed by atoms with van der Waals surface area (Å²) in [5.41, 5.74) is -3.67. The van der Waals surface area contributed by atoms with Crippen molar-refractivity contribution < 1.29 is 32.5 Å². The maximum Gasteiger partial charge on any atom is 0.424 e. The number of Topliss-reactive ketones (excluding diaryl/α,β-unsaturated/α-hetero) is 1. The van der Waals surface area contributed by atoms with Gasteiger partial charge in [0.1, 0.15) is 6.10 Å². The fraction of sp³-hybridized carbons (Fsp3) is 0.350. The third-order valence-corrected chi connectivity index (χ3v) is 4.47. The fourth-order valence-corrected chi connectivity index (χ4v) is 3.21. The second kappa shape index (κ2) is 6.74. The molecule has 0 spiro atoms. The second-order valence-electron chi connectivity index (χ2n) is 6.84. The SMILES string of the molecule is CC1(C)O[C@@H]([C@](O)(c2ccccc2)C(F)(F)F)[C@H](C(=O)c2ccccc2)O1. The van der Waals surface area contributed by atoms with Crippen LogP contribution < -0.4 is 0 Å². The number of carbonyl (C=O) groups is 1. The smallest absolute Gasteiger partial charge is 0.374 e. The molecule has 0 aromatic heterocycles. The molecule has 0 radical (unpaired) electrons. The number of rotatable bonds is 4. The fourth-order valence-electron chi connectivity index (χ4n) is 3.21. The zero-order valence-electron chi connectivity index (χ0n) is 14.7. The molecule has 27 heavy (non-hydrogen) atoms. The van der Waals surface area contributed by atoms with Crippen molar-refractivity contribution in [2.45, 2.75) is 43.6 Å². The Morgan fingerprint density at radius 3 is 2.00 bits per heavy atom. The summed E-state index contributed by atoms with van der Waals surface area (Å²) < 4.78 is 53.1. The summed E-state index contributed by atoms with van der Waals surface area (Å²) in [5.74, 6) is -2.17. The van der Waals surface area contributed by atoms with Gasteiger partial charge in [0.05, 0.1) is 0 Å². The Morgan fingerprint density at radius 2 is 1.48 bits per heavy atom. The lowest BCUT2D eigenvalue weighted by atomic mass is 9.82. The molecule has 144 valence electrons. The zero-order valence-corrected chi connectivity index (χ0v) is 14.7. The van der Waals surface area contributed by atoms with Crippen molar-refractivity contribution in [2.75, 3.05) is 0 Å². The second-order valence-corrected chi connectivity index (χ2v) is 6.84. The molecule has 1 aliphatic heterocycles. The van der Waals surface area contributed by atoms with Gasteiger partial charge in [-0.05, 0) is 19.4 Å². The van der Waals surface area contributed by atoms with E-state index in [1.807, 2.05) is 0 Å². The Balaban J connectivity index is 2.10. The van der Waals surface area contributed by atoms with Crippen molar-refractivity contribution in [3.05, 3.63) is 71.8 Å². The topological polar surface area (TPSA) is 55.8 Å². The molecule has 0 unspecified atom stereocenters. The Kier molecular flexibility index (Phi) is 4.88. The van der Waals surface area contributed by atoms with Crippen LogP contribution in [0.2, 0.25) is 0 Å². The molecule has 3 rings (SSSR count). The van der Waals surface area contributed by atoms with Gasteiger partial charge in [0.2, 0.25) is 5.60 Å². The lowest BCUT2D eigenvalue weighted by Crippen LogP contribution is -2.57. The first-order valence-electron chi connectivity index (χ1n) is 8.36. The molecule has 3 atom stereocenters. The first kappa shape index (κ1) is 19.5. The average Bonchev–Trinajstić information content (AvgIpc) is 2.97. The molecule has 1 N–H and O–H groups in total. The van der Waals surface area contributed by atoms with Crippen LogP contribution in [0.15, 0.2) is 60.7 Å². The predicted molar refractivity (Wildman–Crippen MR) is 91.0 cm³/mol. The van der Waals surface area contributed by atoms with Crippen LogP contribution in [0.3, 0.4) is 0 Å². The number of hydrogen-bond donors (Lipinski definition) is 1. The van der Waals surface area contributed by atoms with Crippen LogP contribution in [-0.4, -0.2) is 35.1 Å². The lowest BCUT2D eigenvalue weighted by molar-refractivity contribution is -0.305. The number of ketones is 1. The van der Waals surface area contributed by atoms with Crippen molar-refractivity contribution in [3.63, 3.8) is 0 Å². The predicted octanol–water partition coefficient (Wildman–Crippen LogP) is 3.84. The van der Waals surface area contributed by atoms with Crippen LogP contribution in [0.1, 0.15) is 29.8 Å². The summed E-state index contributed by atoms with van der Waals surface area (Å²) in [4.78, 5) is 12.9. The molecule has 2 aromatic carbocycles. The molecule has 1 fully saturated rings. The standard InChI is InChI=1S/C20H19F3O4/c1-18(2)26-16(15(24)13-9-5-3-6-10-13)17(27-18)19(25,20(21,22)23)14-11-7-4-8-12-14/h3-12,16-17,25H,1-2H3/t16-,17+,19+/m0/s1. The van der Waals surface area contributed by atoms with E-state index in [9.17, 15) is 23.1 Å². The molecule has 1 heterocycles. The molecule has 2 aromatic rings. The van der Waals surface area contributed by atoms with E-state index in [0.717, 1.165) is 12.1 Å². The maximum absolute atomic E-state index is 14.0. The average molecular weight is 380 g/mol. The van der Waals surface area contributed by atoms with Gasteiger partial charge in [-0.2, -0.15) is 13.2 Å². The van der Waals surface area contributed by atoms with E-state index in [4.69, 9.17) is 9.47 Å². The van der Waals surface area contributed by atoms with E-state index in [1.54, 1.807) is 18.2 Å². The Labute approximate surface area is 154 Å². The first-order chi connectivity index (χ1) is 12.6. The minimum Gasteiger partial charge on any atom is -0.374 e. The number of ether oxygens (including phenoxy) is 2. The summed E-state index contributed by atoms with van der Waals surface area (Å²) >= 11 is 0. The van der Waals surface area contributed by atoms with Crippen molar-refractivity contribution in [1.29, 1.82) is 0 Å². The summed E-state index contributed by atoms with van der Waals surface area (Å²) in [5, 5.41) is 10.8. The molecule has 7 heteroatoms. The van der Waals surface area contributed by atoms with E-state index in [2.05, 4.69) is 0 Å². The van der Waals surface area contributed by atoms with Crippen LogP contribution in [0.5, 0.6) is 0 Å². The van der Waals surface area contributed by atoms with Crippen LogP contribution in [0, 0.1) is 0 Å². The van der Waals surface area contributed by atoms with Crippen LogP contribution >= 0.6 is 0 Å². The van der Waals surface area contributed by atoms with Gasteiger partial charge in [-0.3, -0.25) is 4.79 Å². The molecule has 0 amide bonds. The van der Waals surface area contributed by atoms with Gasteiger partial charge in [0.15, 0.2) is 17.7 Å². The van der Waals surface area contributed by atoms with E-state index in [-0.39, 0.29) is 5.56 Å². The highest BCUT2D eigenvalue weighted by atomic mass is 19.4. The van der Waals surface area contributed by atoms with Crippen molar-refractivity contribution in [2.24, 2.45) is 0 Å². The Bertz CT molecular complexity index is 805. The normalized spacial score (nSPS) is 24.4. The van der Waals surface area contributed by atoms with E-state index in [1.165, 1.54) is 44.2 Å². The number of carbonyl (C=O) groups excluding carboxylic acids is 1. The Morgan fingerprint density at radius 1 is 0.963 bits per heavy atom. The molecular formula is C20H19F3O4. The third-order valence-electron chi connectivity index (χ3n) is 4.47. The molecule has 0 bridgehead atoms. The van der Waals surface area contributed by atoms with Gasteiger partial charge < -0.3 is 14.6 Å². The highest BCUT2D eigenvalue weighted by Gasteiger charge is 2.67. The highest BCUT2D eigenvalue weighted by molar-refractivity contribution is 6.00. The molecule has 0 aliphatic carbocycles. The van der Waals surface area contributed by atoms with Crippen LogP contribution in [-0.2, 0) is 15.1 Å². The minimum absolute atomic E-state index is 0.173. The summed E-state index contributed by atoms with van der Waals surface area (Å²) in [7, 11) is 0. The third kappa shape index (κ3) is 3.50. The molecule has 1 aliphatic rings. The van der Waals surface area contributed by atoms with Crippen molar-refractivity contribution >= 4 is 5.78 Å². The maximum atomic E-state index is 14.0. The largest absolute Gasteiger partial charge is 0.424 e. The van der Waals surface area contributed by atoms with Gasteiger partial charge >= 0.3 is 6.18 Å². The van der Waals surface area contributed by atoms with Gasteiger partial charge in [-0.25, -0.2) is 0 Å². The highest BCUT2D eigenvalue weighted by Crippen LogP contribution is 2.48. The minimum atomic E-state index is -5.10. The summed E-state index contributed by atoms with van der Waals surface area (Å²) in [6.07, 6.45) is -8.70. The van der Waals surface area contributed by atoms with Crippen LogP contribution in [0.25, 0.3) is 0 Å². The number of alkyl halides is 3. The number of hydrogen-bond acceptors (Lipinski definition) is 4. The summed E-state index contributed by atoms with van der Waals surface area (Å²) in [6, 6.07) is 14.4. The van der Waals surface area contributed by atoms with Crippen molar-refractivity contribution in [1.82, 2.24) is 0 Å². The van der Waals surface area contributed by atoms with Crippen molar-refractivity contribution in [3.8, 4) is 0 Å². The van der Waals surface area contributed by atoms with Gasteiger partial charge in [-0.1, -0.05) is 60.7 Å². The molecular weight excluding hydrogens is 361 g/mol. The van der Waals surface area contributed by atoms with E-state index < -0.39 is 41.1 Å². The molecule has 1 saturated heterocycles. The molecule has 0 saturated carbocycles. The quantitative estimate of drug-likeness (QED) is 0.819. The number of halogens is 3. The number of aliphatic hydroxyl groups is 1. The van der Waals surface area contributed by atoms with E-state index >= 15 is 0 Å². The van der Waals surface area contributed by atoms with Gasteiger partial charge in [0.25, 0.3) is 0 Å².